The van der Waals surface area contributed by atoms with E-state index in [0.29, 0.717) is 11.6 Å². The van der Waals surface area contributed by atoms with E-state index in [1.54, 1.807) is 0 Å². The van der Waals surface area contributed by atoms with Crippen LogP contribution in [0.1, 0.15) is 66.7 Å². The molecule has 1 aliphatic heterocycles. The molecule has 0 amide bonds. The van der Waals surface area contributed by atoms with E-state index in [-0.39, 0.29) is 11.2 Å². The lowest BCUT2D eigenvalue weighted by Crippen LogP contribution is -2.53. The van der Waals surface area contributed by atoms with Crippen molar-refractivity contribution < 1.29 is 4.74 Å². The van der Waals surface area contributed by atoms with Crippen molar-refractivity contribution in [2.75, 3.05) is 0 Å². The van der Waals surface area contributed by atoms with Gasteiger partial charge in [-0.15, -0.1) is 0 Å². The number of hydrogen-bond donors (Lipinski definition) is 1. The summed E-state index contributed by atoms with van der Waals surface area (Å²) in [6.45, 7) is 11.2. The van der Waals surface area contributed by atoms with Crippen molar-refractivity contribution in [1.29, 1.82) is 0 Å². The summed E-state index contributed by atoms with van der Waals surface area (Å²) in [6.07, 6.45) is 6.51. The summed E-state index contributed by atoms with van der Waals surface area (Å²) >= 11 is 0. The first-order valence-corrected chi connectivity index (χ1v) is 6.70. The van der Waals surface area contributed by atoms with Gasteiger partial charge in [0.2, 0.25) is 0 Å². The highest BCUT2D eigenvalue weighted by molar-refractivity contribution is 5.03. The Morgan fingerprint density at radius 3 is 2.00 bits per heavy atom. The van der Waals surface area contributed by atoms with Gasteiger partial charge in [0.15, 0.2) is 0 Å². The predicted molar refractivity (Wildman–Crippen MR) is 67.7 cm³/mol. The summed E-state index contributed by atoms with van der Waals surface area (Å²) < 4.78 is 6.14. The smallest absolute Gasteiger partial charge is 0.0787 e. The molecule has 0 spiro atoms. The van der Waals surface area contributed by atoms with Crippen LogP contribution in [0.2, 0.25) is 0 Å². The summed E-state index contributed by atoms with van der Waals surface area (Å²) in [5.74, 6) is 0. The second kappa shape index (κ2) is 3.71. The van der Waals surface area contributed by atoms with E-state index < -0.39 is 0 Å². The zero-order valence-electron chi connectivity index (χ0n) is 11.5. The SMILES string of the molecule is CC1(NC2CC(C)(C)OC2(C)C)CCCC1. The van der Waals surface area contributed by atoms with Gasteiger partial charge in [-0.3, -0.25) is 0 Å². The quantitative estimate of drug-likeness (QED) is 0.779. The molecule has 1 atom stereocenters. The monoisotopic (exact) mass is 225 g/mol. The average Bonchev–Trinajstić information content (AvgIpc) is 2.55. The lowest BCUT2D eigenvalue weighted by atomic mass is 9.90. The Kier molecular flexibility index (Phi) is 2.87. The molecule has 1 unspecified atom stereocenters. The molecule has 1 heterocycles. The van der Waals surface area contributed by atoms with E-state index in [4.69, 9.17) is 4.74 Å². The molecule has 2 fully saturated rings. The third kappa shape index (κ3) is 2.43. The van der Waals surface area contributed by atoms with E-state index in [9.17, 15) is 0 Å². The van der Waals surface area contributed by atoms with Gasteiger partial charge in [0.05, 0.1) is 11.2 Å². The molecular formula is C14H27NO. The molecule has 94 valence electrons. The number of hydrogen-bond acceptors (Lipinski definition) is 2. The first-order chi connectivity index (χ1) is 7.23. The molecule has 0 aromatic rings. The first kappa shape index (κ1) is 12.4. The maximum Gasteiger partial charge on any atom is 0.0787 e. The van der Waals surface area contributed by atoms with Crippen LogP contribution in [0.4, 0.5) is 0 Å². The molecule has 1 N–H and O–H groups in total. The Morgan fingerprint density at radius 1 is 1.00 bits per heavy atom. The van der Waals surface area contributed by atoms with E-state index >= 15 is 0 Å². The summed E-state index contributed by atoms with van der Waals surface area (Å²) in [5.41, 5.74) is 0.344. The fourth-order valence-corrected chi connectivity index (χ4v) is 3.51. The van der Waals surface area contributed by atoms with Gasteiger partial charge in [0, 0.05) is 11.6 Å². The van der Waals surface area contributed by atoms with E-state index in [0.717, 1.165) is 6.42 Å². The Hall–Kier alpha value is -0.0800. The predicted octanol–water partition coefficient (Wildman–Crippen LogP) is 3.25. The summed E-state index contributed by atoms with van der Waals surface area (Å²) in [6, 6.07) is 0.491. The molecule has 2 heteroatoms. The summed E-state index contributed by atoms with van der Waals surface area (Å²) in [7, 11) is 0. The van der Waals surface area contributed by atoms with Gasteiger partial charge in [-0.1, -0.05) is 12.8 Å². The highest BCUT2D eigenvalue weighted by atomic mass is 16.5. The fourth-order valence-electron chi connectivity index (χ4n) is 3.51. The van der Waals surface area contributed by atoms with Crippen LogP contribution in [-0.4, -0.2) is 22.8 Å². The zero-order valence-corrected chi connectivity index (χ0v) is 11.5. The maximum absolute atomic E-state index is 6.14. The molecule has 1 aliphatic carbocycles. The molecule has 0 aromatic carbocycles. The standard InChI is InChI=1S/C14H27NO/c1-12(2)10-11(13(3,4)16-12)15-14(5)8-6-7-9-14/h11,15H,6-10H2,1-5H3. The van der Waals surface area contributed by atoms with Gasteiger partial charge in [-0.2, -0.15) is 0 Å². The molecule has 16 heavy (non-hydrogen) atoms. The van der Waals surface area contributed by atoms with E-state index in [2.05, 4.69) is 39.9 Å². The van der Waals surface area contributed by atoms with Gasteiger partial charge in [-0.05, 0) is 53.9 Å². The minimum Gasteiger partial charge on any atom is -0.368 e. The van der Waals surface area contributed by atoms with Gasteiger partial charge >= 0.3 is 0 Å². The molecule has 0 bridgehead atoms. The molecule has 2 aliphatic rings. The average molecular weight is 225 g/mol. The molecule has 0 radical (unpaired) electrons. The van der Waals surface area contributed by atoms with Crippen molar-refractivity contribution >= 4 is 0 Å². The lowest BCUT2D eigenvalue weighted by molar-refractivity contribution is -0.0715. The minimum atomic E-state index is -0.0326. The number of ether oxygens (including phenoxy) is 1. The van der Waals surface area contributed by atoms with Crippen LogP contribution in [-0.2, 0) is 4.74 Å². The van der Waals surface area contributed by atoms with Crippen molar-refractivity contribution in [3.63, 3.8) is 0 Å². The number of rotatable bonds is 2. The third-order valence-corrected chi connectivity index (χ3v) is 4.30. The van der Waals surface area contributed by atoms with Gasteiger partial charge in [0.25, 0.3) is 0 Å². The summed E-state index contributed by atoms with van der Waals surface area (Å²) in [5, 5.41) is 3.88. The summed E-state index contributed by atoms with van der Waals surface area (Å²) in [4.78, 5) is 0. The highest BCUT2D eigenvalue weighted by Crippen LogP contribution is 2.40. The van der Waals surface area contributed by atoms with E-state index in [1.807, 2.05) is 0 Å². The molecule has 2 rings (SSSR count). The Bertz CT molecular complexity index is 264. The topological polar surface area (TPSA) is 21.3 Å². The van der Waals surface area contributed by atoms with Crippen LogP contribution in [0.15, 0.2) is 0 Å². The fraction of sp³-hybridized carbons (Fsp3) is 1.00. The molecule has 2 nitrogen and oxygen atoms in total. The van der Waals surface area contributed by atoms with Gasteiger partial charge in [-0.25, -0.2) is 0 Å². The van der Waals surface area contributed by atoms with Crippen LogP contribution in [0, 0.1) is 0 Å². The minimum absolute atomic E-state index is 0.0239. The van der Waals surface area contributed by atoms with Crippen molar-refractivity contribution in [2.24, 2.45) is 0 Å². The Morgan fingerprint density at radius 2 is 1.56 bits per heavy atom. The van der Waals surface area contributed by atoms with Gasteiger partial charge in [0.1, 0.15) is 0 Å². The lowest BCUT2D eigenvalue weighted by Gasteiger charge is -2.35. The van der Waals surface area contributed by atoms with Crippen molar-refractivity contribution in [1.82, 2.24) is 5.32 Å². The van der Waals surface area contributed by atoms with Crippen LogP contribution >= 0.6 is 0 Å². The molecule has 1 saturated heterocycles. The van der Waals surface area contributed by atoms with Crippen molar-refractivity contribution in [2.45, 2.75) is 89.5 Å². The number of nitrogens with one attached hydrogen (secondary N) is 1. The van der Waals surface area contributed by atoms with Gasteiger partial charge < -0.3 is 10.1 Å². The Balaban J connectivity index is 2.04. The second-order valence-corrected chi connectivity index (χ2v) is 7.13. The maximum atomic E-state index is 6.14. The second-order valence-electron chi connectivity index (χ2n) is 7.13. The van der Waals surface area contributed by atoms with Crippen LogP contribution in [0.5, 0.6) is 0 Å². The van der Waals surface area contributed by atoms with Crippen LogP contribution < -0.4 is 5.32 Å². The largest absolute Gasteiger partial charge is 0.368 e. The van der Waals surface area contributed by atoms with Crippen LogP contribution in [0.3, 0.4) is 0 Å². The first-order valence-electron chi connectivity index (χ1n) is 6.70. The van der Waals surface area contributed by atoms with Crippen molar-refractivity contribution in [3.05, 3.63) is 0 Å². The third-order valence-electron chi connectivity index (χ3n) is 4.30. The molecule has 1 saturated carbocycles. The molecular weight excluding hydrogens is 198 g/mol. The van der Waals surface area contributed by atoms with Crippen LogP contribution in [0.25, 0.3) is 0 Å². The van der Waals surface area contributed by atoms with Crippen molar-refractivity contribution in [3.8, 4) is 0 Å². The normalized spacial score (nSPS) is 35.4. The molecule has 0 aromatic heterocycles. The highest BCUT2D eigenvalue weighted by Gasteiger charge is 2.48. The van der Waals surface area contributed by atoms with E-state index in [1.165, 1.54) is 25.7 Å². The zero-order chi connectivity index (χ0) is 12.0. The Labute approximate surface area is 100 Å².